The SMILES string of the molecule is O=C(c1nc(C2CC2)n2ccccc12)N1CC2CCCN2Cc2ccccc21. The van der Waals surface area contributed by atoms with Crippen molar-refractivity contribution in [3.8, 4) is 0 Å². The highest BCUT2D eigenvalue weighted by molar-refractivity contribution is 6.09. The van der Waals surface area contributed by atoms with E-state index in [1.807, 2.05) is 35.4 Å². The number of hydrogen-bond donors (Lipinski definition) is 0. The van der Waals surface area contributed by atoms with E-state index in [2.05, 4.69) is 27.5 Å². The molecule has 28 heavy (non-hydrogen) atoms. The van der Waals surface area contributed by atoms with E-state index < -0.39 is 0 Å². The van der Waals surface area contributed by atoms with Gasteiger partial charge >= 0.3 is 0 Å². The van der Waals surface area contributed by atoms with Crippen molar-refractivity contribution in [1.29, 1.82) is 0 Å². The van der Waals surface area contributed by atoms with Crippen molar-refractivity contribution < 1.29 is 4.79 Å². The highest BCUT2D eigenvalue weighted by atomic mass is 16.2. The number of nitrogens with zero attached hydrogens (tertiary/aromatic N) is 4. The summed E-state index contributed by atoms with van der Waals surface area (Å²) in [5.74, 6) is 1.58. The lowest BCUT2D eigenvalue weighted by atomic mass is 10.1. The Bertz CT molecular complexity index is 1070. The van der Waals surface area contributed by atoms with Crippen LogP contribution < -0.4 is 4.90 Å². The van der Waals surface area contributed by atoms with E-state index in [0.717, 1.165) is 43.1 Å². The summed E-state index contributed by atoms with van der Waals surface area (Å²) < 4.78 is 2.12. The first kappa shape index (κ1) is 16.3. The summed E-state index contributed by atoms with van der Waals surface area (Å²) in [4.78, 5) is 23.2. The molecule has 4 heterocycles. The zero-order chi connectivity index (χ0) is 18.7. The summed E-state index contributed by atoms with van der Waals surface area (Å²) in [5, 5.41) is 0. The molecule has 1 amide bonds. The van der Waals surface area contributed by atoms with E-state index in [4.69, 9.17) is 4.98 Å². The summed E-state index contributed by atoms with van der Waals surface area (Å²) in [6.45, 7) is 2.81. The van der Waals surface area contributed by atoms with Gasteiger partial charge in [0.05, 0.1) is 5.52 Å². The Balaban J connectivity index is 1.47. The Labute approximate surface area is 164 Å². The van der Waals surface area contributed by atoms with E-state index >= 15 is 0 Å². The van der Waals surface area contributed by atoms with Crippen LogP contribution in [0.2, 0.25) is 0 Å². The Morgan fingerprint density at radius 3 is 2.79 bits per heavy atom. The van der Waals surface area contributed by atoms with Gasteiger partial charge in [0.1, 0.15) is 5.82 Å². The standard InChI is InChI=1S/C23H24N4O/c28-23(21-20-9-3-4-13-26(20)22(24-21)16-10-11-16)27-15-18-7-5-12-25(18)14-17-6-1-2-8-19(17)27/h1-4,6,8-9,13,16,18H,5,7,10-12,14-15H2. The van der Waals surface area contributed by atoms with E-state index in [0.29, 0.717) is 17.7 Å². The number of carbonyl (C=O) groups excluding carboxylic acids is 1. The average molecular weight is 372 g/mol. The Morgan fingerprint density at radius 2 is 1.89 bits per heavy atom. The van der Waals surface area contributed by atoms with Crippen molar-refractivity contribution in [2.75, 3.05) is 18.0 Å². The number of anilines is 1. The number of pyridine rings is 1. The van der Waals surface area contributed by atoms with E-state index in [1.54, 1.807) is 0 Å². The van der Waals surface area contributed by atoms with Crippen LogP contribution in [0.25, 0.3) is 5.52 Å². The fraction of sp³-hybridized carbons (Fsp3) is 0.391. The number of hydrogen-bond acceptors (Lipinski definition) is 3. The third kappa shape index (κ3) is 2.49. The van der Waals surface area contributed by atoms with Crippen molar-refractivity contribution in [3.05, 3.63) is 65.7 Å². The second kappa shape index (κ2) is 6.17. The van der Waals surface area contributed by atoms with Gasteiger partial charge in [0.2, 0.25) is 0 Å². The Hall–Kier alpha value is -2.66. The number of aromatic nitrogens is 2. The molecule has 2 aromatic heterocycles. The molecule has 0 spiro atoms. The van der Waals surface area contributed by atoms with Crippen LogP contribution in [0.5, 0.6) is 0 Å². The highest BCUT2D eigenvalue weighted by Gasteiger charge is 2.36. The second-order valence-corrected chi connectivity index (χ2v) is 8.36. The zero-order valence-corrected chi connectivity index (χ0v) is 15.9. The summed E-state index contributed by atoms with van der Waals surface area (Å²) in [6, 6.07) is 14.9. The normalized spacial score (nSPS) is 22.1. The van der Waals surface area contributed by atoms with Gasteiger partial charge in [0.25, 0.3) is 5.91 Å². The van der Waals surface area contributed by atoms with Gasteiger partial charge in [-0.2, -0.15) is 0 Å². The number of benzene rings is 1. The largest absolute Gasteiger partial charge is 0.305 e. The van der Waals surface area contributed by atoms with Crippen LogP contribution in [0.3, 0.4) is 0 Å². The maximum atomic E-state index is 13.8. The van der Waals surface area contributed by atoms with Crippen molar-refractivity contribution in [3.63, 3.8) is 0 Å². The van der Waals surface area contributed by atoms with E-state index in [1.165, 1.54) is 24.8 Å². The van der Waals surface area contributed by atoms with Gasteiger partial charge in [-0.05, 0) is 56.0 Å². The van der Waals surface area contributed by atoms with Crippen LogP contribution in [0.15, 0.2) is 48.7 Å². The van der Waals surface area contributed by atoms with Crippen molar-refractivity contribution >= 4 is 17.1 Å². The second-order valence-electron chi connectivity index (χ2n) is 8.36. The molecule has 5 heteroatoms. The van der Waals surface area contributed by atoms with Crippen LogP contribution >= 0.6 is 0 Å². The van der Waals surface area contributed by atoms with Crippen molar-refractivity contribution in [2.24, 2.45) is 0 Å². The molecule has 6 rings (SSSR count). The van der Waals surface area contributed by atoms with Crippen molar-refractivity contribution in [1.82, 2.24) is 14.3 Å². The molecule has 3 aliphatic rings. The van der Waals surface area contributed by atoms with Crippen LogP contribution in [-0.4, -0.2) is 39.3 Å². The first-order valence-corrected chi connectivity index (χ1v) is 10.4. The number of amides is 1. The molecule has 0 radical (unpaired) electrons. The molecule has 1 saturated carbocycles. The summed E-state index contributed by atoms with van der Waals surface area (Å²) in [6.07, 6.45) is 6.77. The molecule has 0 N–H and O–H groups in total. The first-order valence-electron chi connectivity index (χ1n) is 10.4. The van der Waals surface area contributed by atoms with Crippen LogP contribution in [0.1, 0.15) is 53.5 Å². The quantitative estimate of drug-likeness (QED) is 0.686. The number of imidazole rings is 1. The molecule has 142 valence electrons. The molecule has 1 unspecified atom stereocenters. The first-order chi connectivity index (χ1) is 13.8. The number of rotatable bonds is 2. The summed E-state index contributed by atoms with van der Waals surface area (Å²) in [5.41, 5.74) is 3.82. The molecule has 3 aromatic rings. The van der Waals surface area contributed by atoms with Gasteiger partial charge in [-0.15, -0.1) is 0 Å². The lowest BCUT2D eigenvalue weighted by molar-refractivity contribution is 0.0978. The predicted molar refractivity (Wildman–Crippen MR) is 109 cm³/mol. The molecule has 2 aliphatic heterocycles. The number of fused-ring (bicyclic) bond motifs is 3. The fourth-order valence-electron chi connectivity index (χ4n) is 4.91. The van der Waals surface area contributed by atoms with Gasteiger partial charge in [-0.25, -0.2) is 4.98 Å². The minimum Gasteiger partial charge on any atom is -0.305 e. The smallest absolute Gasteiger partial charge is 0.279 e. The fourth-order valence-corrected chi connectivity index (χ4v) is 4.91. The topological polar surface area (TPSA) is 40.9 Å². The molecule has 1 saturated heterocycles. The number of para-hydroxylation sites is 1. The van der Waals surface area contributed by atoms with Crippen molar-refractivity contribution in [2.45, 2.75) is 44.2 Å². The minimum absolute atomic E-state index is 0.0387. The zero-order valence-electron chi connectivity index (χ0n) is 15.9. The lowest BCUT2D eigenvalue weighted by Crippen LogP contribution is -2.40. The molecule has 5 nitrogen and oxygen atoms in total. The van der Waals surface area contributed by atoms with Gasteiger partial charge in [0, 0.05) is 36.9 Å². The summed E-state index contributed by atoms with van der Waals surface area (Å²) in [7, 11) is 0. The van der Waals surface area contributed by atoms with E-state index in [-0.39, 0.29) is 5.91 Å². The van der Waals surface area contributed by atoms with Gasteiger partial charge in [0.15, 0.2) is 5.69 Å². The third-order valence-corrected chi connectivity index (χ3v) is 6.51. The summed E-state index contributed by atoms with van der Waals surface area (Å²) >= 11 is 0. The molecule has 1 aliphatic carbocycles. The number of carbonyl (C=O) groups is 1. The monoisotopic (exact) mass is 372 g/mol. The Kier molecular flexibility index (Phi) is 3.60. The van der Waals surface area contributed by atoms with E-state index in [9.17, 15) is 4.79 Å². The van der Waals surface area contributed by atoms with Gasteiger partial charge in [-0.3, -0.25) is 9.69 Å². The molecule has 1 aromatic carbocycles. The molecule has 0 bridgehead atoms. The molecule has 2 fully saturated rings. The highest BCUT2D eigenvalue weighted by Crippen LogP contribution is 2.40. The van der Waals surface area contributed by atoms with Gasteiger partial charge < -0.3 is 9.30 Å². The van der Waals surface area contributed by atoms with Gasteiger partial charge in [-0.1, -0.05) is 24.3 Å². The maximum absolute atomic E-state index is 13.8. The van der Waals surface area contributed by atoms with Crippen LogP contribution in [0.4, 0.5) is 5.69 Å². The predicted octanol–water partition coefficient (Wildman–Crippen LogP) is 3.84. The van der Waals surface area contributed by atoms with Crippen LogP contribution in [-0.2, 0) is 6.54 Å². The Morgan fingerprint density at radius 1 is 1.04 bits per heavy atom. The van der Waals surface area contributed by atoms with Crippen LogP contribution in [0, 0.1) is 0 Å². The maximum Gasteiger partial charge on any atom is 0.279 e. The minimum atomic E-state index is 0.0387. The average Bonchev–Trinajstić information content (AvgIpc) is 3.40. The lowest BCUT2D eigenvalue weighted by Gasteiger charge is -2.26. The molecular weight excluding hydrogens is 348 g/mol. The molecular formula is C23H24N4O. The third-order valence-electron chi connectivity index (χ3n) is 6.51. The molecule has 1 atom stereocenters.